The molecular formula is C25H31N3O4. The van der Waals surface area contributed by atoms with Gasteiger partial charge >= 0.3 is 0 Å². The number of ether oxygens (including phenoxy) is 2. The molecule has 3 rings (SSSR count). The summed E-state index contributed by atoms with van der Waals surface area (Å²) in [6.07, 6.45) is 0. The number of anilines is 1. The summed E-state index contributed by atoms with van der Waals surface area (Å²) in [6.45, 7) is 6.84. The van der Waals surface area contributed by atoms with E-state index in [9.17, 15) is 4.79 Å². The summed E-state index contributed by atoms with van der Waals surface area (Å²) in [5, 5.41) is 4.39. The number of para-hydroxylation sites is 1. The molecule has 0 bridgehead atoms. The molecule has 0 spiro atoms. The summed E-state index contributed by atoms with van der Waals surface area (Å²) in [6, 6.07) is 17.1. The van der Waals surface area contributed by atoms with E-state index in [4.69, 9.17) is 14.0 Å². The lowest BCUT2D eigenvalue weighted by atomic mass is 10.1. The zero-order valence-electron chi connectivity index (χ0n) is 19.2. The fourth-order valence-corrected chi connectivity index (χ4v) is 3.66. The van der Waals surface area contributed by atoms with E-state index < -0.39 is 0 Å². The molecule has 0 fully saturated rings. The molecule has 0 N–H and O–H groups in total. The predicted molar refractivity (Wildman–Crippen MR) is 125 cm³/mol. The molecule has 3 aromatic rings. The molecule has 1 aromatic heterocycles. The first kappa shape index (κ1) is 23.3. The van der Waals surface area contributed by atoms with Gasteiger partial charge in [0.25, 0.3) is 5.91 Å². The van der Waals surface area contributed by atoms with Gasteiger partial charge in [0.1, 0.15) is 11.4 Å². The van der Waals surface area contributed by atoms with Gasteiger partial charge in [-0.25, -0.2) is 0 Å². The number of hydrogen-bond donors (Lipinski definition) is 0. The maximum Gasteiger partial charge on any atom is 0.258 e. The fraction of sp³-hybridized carbons (Fsp3) is 0.360. The topological polar surface area (TPSA) is 68.0 Å². The highest BCUT2D eigenvalue weighted by Gasteiger charge is 2.27. The Hall–Kier alpha value is -3.32. The third-order valence-electron chi connectivity index (χ3n) is 5.40. The average Bonchev–Trinajstić information content (AvgIpc) is 3.25. The van der Waals surface area contributed by atoms with E-state index in [1.165, 1.54) is 0 Å². The Bertz CT molecular complexity index is 999. The Balaban J connectivity index is 2.04. The Morgan fingerprint density at radius 2 is 1.69 bits per heavy atom. The number of amides is 1. The third-order valence-corrected chi connectivity index (χ3v) is 5.40. The van der Waals surface area contributed by atoms with E-state index in [1.54, 1.807) is 31.3 Å². The van der Waals surface area contributed by atoms with Gasteiger partial charge in [0, 0.05) is 32.3 Å². The van der Waals surface area contributed by atoms with Crippen molar-refractivity contribution in [3.8, 4) is 17.0 Å². The summed E-state index contributed by atoms with van der Waals surface area (Å²) >= 11 is 0. The lowest BCUT2D eigenvalue weighted by Gasteiger charge is -2.25. The molecule has 0 atom stereocenters. The largest absolute Gasteiger partial charge is 0.496 e. The molecule has 7 nitrogen and oxygen atoms in total. The molecular weight excluding hydrogens is 406 g/mol. The van der Waals surface area contributed by atoms with Crippen molar-refractivity contribution in [2.45, 2.75) is 20.4 Å². The minimum absolute atomic E-state index is 0.134. The molecule has 1 heterocycles. The van der Waals surface area contributed by atoms with Crippen LogP contribution < -0.4 is 9.64 Å². The van der Waals surface area contributed by atoms with Crippen LogP contribution in [0, 0.1) is 0 Å². The maximum absolute atomic E-state index is 13.6. The quantitative estimate of drug-likeness (QED) is 0.440. The molecule has 0 saturated carbocycles. The standard InChI is InChI=1S/C25H31N3O4/c1-5-27(6-2)25-21(23(26-32-25)19-12-8-7-9-13-19)18-28(16-17-30-3)24(29)20-14-10-11-15-22(20)31-4/h7-15H,5-6,16-18H2,1-4H3. The second-order valence-electron chi connectivity index (χ2n) is 7.27. The number of hydrogen-bond acceptors (Lipinski definition) is 6. The second-order valence-corrected chi connectivity index (χ2v) is 7.27. The number of carbonyl (C=O) groups is 1. The normalized spacial score (nSPS) is 10.8. The SMILES string of the molecule is CCN(CC)c1onc(-c2ccccc2)c1CN(CCOC)C(=O)c1ccccc1OC. The van der Waals surface area contributed by atoms with Crippen molar-refractivity contribution in [1.82, 2.24) is 10.1 Å². The van der Waals surface area contributed by atoms with E-state index in [1.807, 2.05) is 42.5 Å². The summed E-state index contributed by atoms with van der Waals surface area (Å²) in [5.41, 5.74) is 3.07. The lowest BCUT2D eigenvalue weighted by Crippen LogP contribution is -2.34. The van der Waals surface area contributed by atoms with Crippen molar-refractivity contribution in [2.75, 3.05) is 45.4 Å². The van der Waals surface area contributed by atoms with Crippen molar-refractivity contribution >= 4 is 11.8 Å². The first-order valence-corrected chi connectivity index (χ1v) is 10.8. The number of aromatic nitrogens is 1. The highest BCUT2D eigenvalue weighted by Crippen LogP contribution is 2.33. The molecule has 32 heavy (non-hydrogen) atoms. The van der Waals surface area contributed by atoms with Crippen LogP contribution in [-0.2, 0) is 11.3 Å². The molecule has 7 heteroatoms. The van der Waals surface area contributed by atoms with Crippen LogP contribution >= 0.6 is 0 Å². The van der Waals surface area contributed by atoms with Crippen LogP contribution in [0.5, 0.6) is 5.75 Å². The molecule has 0 saturated heterocycles. The van der Waals surface area contributed by atoms with E-state index in [2.05, 4.69) is 23.9 Å². The lowest BCUT2D eigenvalue weighted by molar-refractivity contribution is 0.0677. The van der Waals surface area contributed by atoms with Crippen LogP contribution in [0.15, 0.2) is 59.1 Å². The van der Waals surface area contributed by atoms with E-state index in [-0.39, 0.29) is 5.91 Å². The zero-order chi connectivity index (χ0) is 22.9. The predicted octanol–water partition coefficient (Wildman–Crippen LogP) is 4.49. The van der Waals surface area contributed by atoms with Gasteiger partial charge in [-0.1, -0.05) is 47.6 Å². The first-order valence-electron chi connectivity index (χ1n) is 10.8. The number of nitrogens with zero attached hydrogens (tertiary/aromatic N) is 3. The Morgan fingerprint density at radius 3 is 2.34 bits per heavy atom. The molecule has 1 amide bonds. The van der Waals surface area contributed by atoms with Gasteiger partial charge in [0.05, 0.1) is 31.4 Å². The minimum Gasteiger partial charge on any atom is -0.496 e. The molecule has 0 aliphatic carbocycles. The van der Waals surface area contributed by atoms with E-state index in [0.29, 0.717) is 36.9 Å². The van der Waals surface area contributed by atoms with Gasteiger partial charge in [-0.15, -0.1) is 0 Å². The smallest absolute Gasteiger partial charge is 0.258 e. The Morgan fingerprint density at radius 1 is 1.00 bits per heavy atom. The monoisotopic (exact) mass is 437 g/mol. The first-order chi connectivity index (χ1) is 15.6. The van der Waals surface area contributed by atoms with Crippen LogP contribution in [-0.4, -0.2) is 56.4 Å². The van der Waals surface area contributed by atoms with Crippen LogP contribution in [0.2, 0.25) is 0 Å². The van der Waals surface area contributed by atoms with Crippen molar-refractivity contribution in [3.05, 3.63) is 65.7 Å². The van der Waals surface area contributed by atoms with Gasteiger partial charge in [0.2, 0.25) is 5.88 Å². The molecule has 2 aromatic carbocycles. The van der Waals surface area contributed by atoms with Crippen molar-refractivity contribution in [3.63, 3.8) is 0 Å². The van der Waals surface area contributed by atoms with Crippen LogP contribution in [0.1, 0.15) is 29.8 Å². The fourth-order valence-electron chi connectivity index (χ4n) is 3.66. The summed E-state index contributed by atoms with van der Waals surface area (Å²) in [7, 11) is 3.19. The molecule has 0 aliphatic rings. The van der Waals surface area contributed by atoms with Crippen LogP contribution in [0.25, 0.3) is 11.3 Å². The van der Waals surface area contributed by atoms with E-state index in [0.717, 1.165) is 29.9 Å². The highest BCUT2D eigenvalue weighted by atomic mass is 16.5. The number of rotatable bonds is 11. The third kappa shape index (κ3) is 5.11. The number of methoxy groups -OCH3 is 2. The number of benzene rings is 2. The van der Waals surface area contributed by atoms with Gasteiger partial charge < -0.3 is 23.8 Å². The van der Waals surface area contributed by atoms with Crippen LogP contribution in [0.4, 0.5) is 5.88 Å². The van der Waals surface area contributed by atoms with Crippen molar-refractivity contribution < 1.29 is 18.8 Å². The van der Waals surface area contributed by atoms with Gasteiger partial charge in [-0.05, 0) is 26.0 Å². The van der Waals surface area contributed by atoms with Crippen LogP contribution in [0.3, 0.4) is 0 Å². The molecule has 0 aliphatic heterocycles. The second kappa shape index (κ2) is 11.3. The minimum atomic E-state index is -0.134. The summed E-state index contributed by atoms with van der Waals surface area (Å²) in [5.74, 6) is 1.09. The zero-order valence-corrected chi connectivity index (χ0v) is 19.2. The molecule has 0 radical (unpaired) electrons. The summed E-state index contributed by atoms with van der Waals surface area (Å²) < 4.78 is 16.5. The highest BCUT2D eigenvalue weighted by molar-refractivity contribution is 5.97. The Labute approximate surface area is 189 Å². The molecule has 0 unspecified atom stereocenters. The van der Waals surface area contributed by atoms with Crippen molar-refractivity contribution in [1.29, 1.82) is 0 Å². The van der Waals surface area contributed by atoms with Gasteiger partial charge in [-0.3, -0.25) is 4.79 Å². The molecule has 170 valence electrons. The van der Waals surface area contributed by atoms with Crippen molar-refractivity contribution in [2.24, 2.45) is 0 Å². The van der Waals surface area contributed by atoms with E-state index >= 15 is 0 Å². The maximum atomic E-state index is 13.6. The average molecular weight is 438 g/mol. The van der Waals surface area contributed by atoms with Gasteiger partial charge in [0.15, 0.2) is 0 Å². The Kier molecular flexibility index (Phi) is 8.27. The van der Waals surface area contributed by atoms with Gasteiger partial charge in [-0.2, -0.15) is 0 Å². The number of carbonyl (C=O) groups excluding carboxylic acids is 1. The summed E-state index contributed by atoms with van der Waals surface area (Å²) in [4.78, 5) is 17.4.